The molecule has 0 spiro atoms. The first-order valence-corrected chi connectivity index (χ1v) is 13.9. The van der Waals surface area contributed by atoms with Gasteiger partial charge in [0.25, 0.3) is 10.0 Å². The Balaban J connectivity index is 2.00. The van der Waals surface area contributed by atoms with Crippen molar-refractivity contribution in [1.82, 2.24) is 10.2 Å². The van der Waals surface area contributed by atoms with Gasteiger partial charge in [0.05, 0.1) is 17.7 Å². The highest BCUT2D eigenvalue weighted by Crippen LogP contribution is 2.26. The van der Waals surface area contributed by atoms with E-state index in [4.69, 9.17) is 16.3 Å². The maximum atomic E-state index is 13.8. The number of sulfonamides is 1. The summed E-state index contributed by atoms with van der Waals surface area (Å²) in [4.78, 5) is 28.2. The molecule has 1 atom stereocenters. The summed E-state index contributed by atoms with van der Waals surface area (Å²) < 4.78 is 33.6. The number of hydrogen-bond donors (Lipinski definition) is 1. The lowest BCUT2D eigenvalue weighted by molar-refractivity contribution is -0.139. The van der Waals surface area contributed by atoms with Gasteiger partial charge in [-0.1, -0.05) is 41.9 Å². The van der Waals surface area contributed by atoms with Gasteiger partial charge in [-0.25, -0.2) is 8.42 Å². The molecule has 0 aromatic heterocycles. The number of amides is 2. The second-order valence-electron chi connectivity index (χ2n) is 9.01. The molecule has 3 aromatic rings. The molecule has 0 aliphatic rings. The molecule has 1 N–H and O–H groups in total. The molecule has 0 bridgehead atoms. The van der Waals surface area contributed by atoms with E-state index in [2.05, 4.69) is 5.32 Å². The Hall–Kier alpha value is -3.56. The number of rotatable bonds is 11. The number of halogens is 1. The van der Waals surface area contributed by atoms with Crippen LogP contribution in [-0.4, -0.2) is 50.9 Å². The molecule has 38 heavy (non-hydrogen) atoms. The van der Waals surface area contributed by atoms with E-state index in [0.717, 1.165) is 9.87 Å². The first-order valence-electron chi connectivity index (χ1n) is 12.1. The number of ether oxygens (including phenoxy) is 1. The van der Waals surface area contributed by atoms with Crippen LogP contribution in [0.2, 0.25) is 5.02 Å². The summed E-state index contributed by atoms with van der Waals surface area (Å²) >= 11 is 6.04. The van der Waals surface area contributed by atoms with Gasteiger partial charge >= 0.3 is 0 Å². The molecule has 8 nitrogen and oxygen atoms in total. The number of benzene rings is 3. The maximum absolute atomic E-state index is 13.8. The van der Waals surface area contributed by atoms with Crippen molar-refractivity contribution < 1.29 is 22.7 Å². The fourth-order valence-corrected chi connectivity index (χ4v) is 5.33. The van der Waals surface area contributed by atoms with E-state index in [1.165, 1.54) is 17.0 Å². The Kier molecular flexibility index (Phi) is 9.77. The van der Waals surface area contributed by atoms with Gasteiger partial charge in [0, 0.05) is 17.6 Å². The molecule has 0 aliphatic carbocycles. The van der Waals surface area contributed by atoms with Crippen LogP contribution in [0.5, 0.6) is 5.75 Å². The number of methoxy groups -OCH3 is 1. The lowest BCUT2D eigenvalue weighted by Gasteiger charge is -2.32. The Morgan fingerprint density at radius 2 is 1.53 bits per heavy atom. The van der Waals surface area contributed by atoms with Crippen LogP contribution >= 0.6 is 11.6 Å². The van der Waals surface area contributed by atoms with Crippen molar-refractivity contribution in [3.8, 4) is 5.75 Å². The molecule has 0 fully saturated rings. The highest BCUT2D eigenvalue weighted by atomic mass is 35.5. The third-order valence-electron chi connectivity index (χ3n) is 5.83. The maximum Gasteiger partial charge on any atom is 0.264 e. The molecule has 1 unspecified atom stereocenters. The standard InChI is InChI=1S/C28H32ClN3O5S/c1-20(2)30-28(34)21(3)31(18-22-10-16-25(37-4)17-11-22)27(33)19-32(24-14-12-23(29)13-15-24)38(35,36)26-8-6-5-7-9-26/h5-17,20-21H,18-19H2,1-4H3,(H,30,34). The van der Waals surface area contributed by atoms with Crippen LogP contribution < -0.4 is 14.4 Å². The third kappa shape index (κ3) is 7.26. The van der Waals surface area contributed by atoms with Crippen molar-refractivity contribution in [2.75, 3.05) is 18.0 Å². The van der Waals surface area contributed by atoms with E-state index >= 15 is 0 Å². The van der Waals surface area contributed by atoms with E-state index in [1.807, 2.05) is 13.8 Å². The van der Waals surface area contributed by atoms with Crippen LogP contribution in [0.3, 0.4) is 0 Å². The van der Waals surface area contributed by atoms with Crippen molar-refractivity contribution in [3.63, 3.8) is 0 Å². The summed E-state index contributed by atoms with van der Waals surface area (Å²) in [5.74, 6) is -0.229. The number of carbonyl (C=O) groups is 2. The van der Waals surface area contributed by atoms with Gasteiger partial charge in [0.2, 0.25) is 11.8 Å². The number of nitrogens with one attached hydrogen (secondary N) is 1. The first kappa shape index (κ1) is 29.0. The zero-order valence-corrected chi connectivity index (χ0v) is 23.4. The Morgan fingerprint density at radius 3 is 2.08 bits per heavy atom. The molecule has 0 saturated heterocycles. The minimum Gasteiger partial charge on any atom is -0.497 e. The lowest BCUT2D eigenvalue weighted by atomic mass is 10.1. The minimum absolute atomic E-state index is 0.0371. The summed E-state index contributed by atoms with van der Waals surface area (Å²) in [5, 5.41) is 3.26. The zero-order valence-electron chi connectivity index (χ0n) is 21.8. The fraction of sp³-hybridized carbons (Fsp3) is 0.286. The smallest absolute Gasteiger partial charge is 0.264 e. The van der Waals surface area contributed by atoms with Gasteiger partial charge in [-0.2, -0.15) is 0 Å². The Labute approximate surface area is 229 Å². The van der Waals surface area contributed by atoms with Crippen LogP contribution in [0.1, 0.15) is 26.3 Å². The number of anilines is 1. The van der Waals surface area contributed by atoms with Crippen molar-refractivity contribution in [2.45, 2.75) is 44.3 Å². The lowest BCUT2D eigenvalue weighted by Crippen LogP contribution is -2.52. The number of nitrogens with zero attached hydrogens (tertiary/aromatic N) is 2. The van der Waals surface area contributed by atoms with Crippen molar-refractivity contribution >= 4 is 39.1 Å². The quantitative estimate of drug-likeness (QED) is 0.375. The van der Waals surface area contributed by atoms with E-state index in [0.29, 0.717) is 10.8 Å². The van der Waals surface area contributed by atoms with Gasteiger partial charge in [0.15, 0.2) is 0 Å². The topological polar surface area (TPSA) is 96.0 Å². The summed E-state index contributed by atoms with van der Waals surface area (Å²) in [6.45, 7) is 4.85. The Bertz CT molecular complexity index is 1330. The van der Waals surface area contributed by atoms with Gasteiger partial charge in [0.1, 0.15) is 18.3 Å². The second kappa shape index (κ2) is 12.8. The van der Waals surface area contributed by atoms with Crippen LogP contribution in [0, 0.1) is 0 Å². The average molecular weight is 558 g/mol. The molecule has 10 heteroatoms. The minimum atomic E-state index is -4.12. The predicted octanol–water partition coefficient (Wildman–Crippen LogP) is 4.49. The fourth-order valence-electron chi connectivity index (χ4n) is 3.77. The molecule has 0 heterocycles. The predicted molar refractivity (Wildman–Crippen MR) is 149 cm³/mol. The van der Waals surface area contributed by atoms with Crippen molar-refractivity contribution in [2.24, 2.45) is 0 Å². The molecule has 0 saturated carbocycles. The largest absolute Gasteiger partial charge is 0.497 e. The molecule has 2 amide bonds. The monoisotopic (exact) mass is 557 g/mol. The van der Waals surface area contributed by atoms with Gasteiger partial charge in [-0.05, 0) is 74.9 Å². The average Bonchev–Trinajstić information content (AvgIpc) is 2.90. The summed E-state index contributed by atoms with van der Waals surface area (Å²) in [6.07, 6.45) is 0. The molecule has 3 aromatic carbocycles. The molecule has 202 valence electrons. The van der Waals surface area contributed by atoms with E-state index in [1.54, 1.807) is 80.8 Å². The molecule has 0 aliphatic heterocycles. The first-order chi connectivity index (χ1) is 18.0. The highest BCUT2D eigenvalue weighted by Gasteiger charge is 2.32. The Morgan fingerprint density at radius 1 is 0.921 bits per heavy atom. The van der Waals surface area contributed by atoms with Gasteiger partial charge in [-0.15, -0.1) is 0 Å². The van der Waals surface area contributed by atoms with Gasteiger partial charge in [-0.3, -0.25) is 13.9 Å². The van der Waals surface area contributed by atoms with Crippen LogP contribution in [0.15, 0.2) is 83.8 Å². The second-order valence-corrected chi connectivity index (χ2v) is 11.3. The van der Waals surface area contributed by atoms with Crippen molar-refractivity contribution in [1.29, 1.82) is 0 Å². The van der Waals surface area contributed by atoms with E-state index in [9.17, 15) is 18.0 Å². The molecule has 3 rings (SSSR count). The number of carbonyl (C=O) groups excluding carboxylic acids is 2. The van der Waals surface area contributed by atoms with Crippen LogP contribution in [0.25, 0.3) is 0 Å². The molecule has 0 radical (unpaired) electrons. The SMILES string of the molecule is COc1ccc(CN(C(=O)CN(c2ccc(Cl)cc2)S(=O)(=O)c2ccccc2)C(C)C(=O)NC(C)C)cc1. The highest BCUT2D eigenvalue weighted by molar-refractivity contribution is 7.92. The van der Waals surface area contributed by atoms with E-state index in [-0.39, 0.29) is 29.1 Å². The van der Waals surface area contributed by atoms with E-state index < -0.39 is 28.5 Å². The number of hydrogen-bond acceptors (Lipinski definition) is 5. The van der Waals surface area contributed by atoms with Gasteiger partial charge < -0.3 is 15.0 Å². The summed E-state index contributed by atoms with van der Waals surface area (Å²) in [7, 11) is -2.56. The normalized spacial score (nSPS) is 12.1. The molecular weight excluding hydrogens is 526 g/mol. The zero-order chi connectivity index (χ0) is 27.9. The van der Waals surface area contributed by atoms with Crippen LogP contribution in [0.4, 0.5) is 5.69 Å². The third-order valence-corrected chi connectivity index (χ3v) is 7.87. The van der Waals surface area contributed by atoms with Crippen molar-refractivity contribution in [3.05, 3.63) is 89.4 Å². The van der Waals surface area contributed by atoms with Crippen LogP contribution in [-0.2, 0) is 26.2 Å². The summed E-state index contributed by atoms with van der Waals surface area (Å²) in [6, 6.07) is 20.2. The summed E-state index contributed by atoms with van der Waals surface area (Å²) in [5.41, 5.74) is 1.03. The molecular formula is C28H32ClN3O5S.